The normalized spacial score (nSPS) is 9.91. The fourth-order valence-corrected chi connectivity index (χ4v) is 2.12. The topological polar surface area (TPSA) is 60.5 Å². The lowest BCUT2D eigenvalue weighted by atomic mass is 10.0. The van der Waals surface area contributed by atoms with Gasteiger partial charge in [-0.25, -0.2) is 0 Å². The molecule has 1 heterocycles. The van der Waals surface area contributed by atoms with E-state index >= 15 is 0 Å². The van der Waals surface area contributed by atoms with Crippen LogP contribution in [0.15, 0.2) is 49.3 Å². The van der Waals surface area contributed by atoms with Gasteiger partial charge in [-0.1, -0.05) is 6.08 Å². The van der Waals surface area contributed by atoms with E-state index in [1.165, 1.54) is 0 Å². The van der Waals surface area contributed by atoms with Crippen LogP contribution in [0.3, 0.4) is 0 Å². The molecular formula is C17H18N2O3. The Hall–Kier alpha value is -2.82. The highest BCUT2D eigenvalue weighted by Crippen LogP contribution is 2.33. The van der Waals surface area contributed by atoms with Crippen molar-refractivity contribution in [2.45, 2.75) is 6.42 Å². The third kappa shape index (κ3) is 3.44. The van der Waals surface area contributed by atoms with Gasteiger partial charge in [0.15, 0.2) is 11.5 Å². The number of nitrogens with zero attached hydrogens (tertiary/aromatic N) is 1. The summed E-state index contributed by atoms with van der Waals surface area (Å²) in [6.07, 6.45) is 5.57. The summed E-state index contributed by atoms with van der Waals surface area (Å²) in [7, 11) is 3.11. The Labute approximate surface area is 129 Å². The van der Waals surface area contributed by atoms with Crippen LogP contribution in [0.2, 0.25) is 0 Å². The number of allylic oxidation sites excluding steroid dienone is 1. The number of aromatic nitrogens is 1. The van der Waals surface area contributed by atoms with Gasteiger partial charge in [-0.3, -0.25) is 9.78 Å². The lowest BCUT2D eigenvalue weighted by Gasteiger charge is -2.14. The number of carbonyl (C=O) groups is 1. The zero-order valence-electron chi connectivity index (χ0n) is 12.6. The van der Waals surface area contributed by atoms with Gasteiger partial charge in [-0.05, 0) is 30.7 Å². The Balaban J connectivity index is 2.35. The molecule has 0 atom stereocenters. The Morgan fingerprint density at radius 3 is 2.59 bits per heavy atom. The lowest BCUT2D eigenvalue weighted by Crippen LogP contribution is -2.13. The molecule has 1 aromatic carbocycles. The monoisotopic (exact) mass is 298 g/mol. The van der Waals surface area contributed by atoms with E-state index in [2.05, 4.69) is 16.9 Å². The first-order chi connectivity index (χ1) is 10.7. The fraction of sp³-hybridized carbons (Fsp3) is 0.176. The van der Waals surface area contributed by atoms with Crippen LogP contribution in [0, 0.1) is 0 Å². The summed E-state index contributed by atoms with van der Waals surface area (Å²) in [6.45, 7) is 3.73. The highest BCUT2D eigenvalue weighted by Gasteiger charge is 2.15. The number of methoxy groups -OCH3 is 2. The van der Waals surface area contributed by atoms with Gasteiger partial charge in [0, 0.05) is 29.2 Å². The second kappa shape index (κ2) is 7.26. The first kappa shape index (κ1) is 15.6. The van der Waals surface area contributed by atoms with Crippen LogP contribution in [0.4, 0.5) is 5.69 Å². The van der Waals surface area contributed by atoms with E-state index in [9.17, 15) is 4.79 Å². The predicted octanol–water partition coefficient (Wildman–Crippen LogP) is 3.08. The van der Waals surface area contributed by atoms with Crippen LogP contribution in [0.25, 0.3) is 0 Å². The molecule has 22 heavy (non-hydrogen) atoms. The van der Waals surface area contributed by atoms with Gasteiger partial charge < -0.3 is 14.8 Å². The molecule has 2 aromatic rings. The summed E-state index contributed by atoms with van der Waals surface area (Å²) in [5.41, 5.74) is 2.02. The molecule has 0 bridgehead atoms. The van der Waals surface area contributed by atoms with Crippen molar-refractivity contribution in [2.75, 3.05) is 19.5 Å². The summed E-state index contributed by atoms with van der Waals surface area (Å²) in [4.78, 5) is 16.3. The molecule has 0 aliphatic heterocycles. The number of rotatable bonds is 6. The van der Waals surface area contributed by atoms with E-state index in [4.69, 9.17) is 9.47 Å². The highest BCUT2D eigenvalue weighted by atomic mass is 16.5. The fourth-order valence-electron chi connectivity index (χ4n) is 2.12. The number of hydrogen-bond donors (Lipinski definition) is 1. The number of hydrogen-bond acceptors (Lipinski definition) is 4. The van der Waals surface area contributed by atoms with Crippen molar-refractivity contribution < 1.29 is 14.3 Å². The van der Waals surface area contributed by atoms with Crippen molar-refractivity contribution in [3.8, 4) is 11.5 Å². The van der Waals surface area contributed by atoms with Gasteiger partial charge in [-0.15, -0.1) is 6.58 Å². The van der Waals surface area contributed by atoms with Gasteiger partial charge in [0.25, 0.3) is 5.91 Å². The Morgan fingerprint density at radius 1 is 1.27 bits per heavy atom. The van der Waals surface area contributed by atoms with Crippen molar-refractivity contribution in [1.82, 2.24) is 4.98 Å². The molecule has 5 nitrogen and oxygen atoms in total. The number of amides is 1. The molecule has 5 heteroatoms. The number of pyridine rings is 1. The molecule has 0 spiro atoms. The summed E-state index contributed by atoms with van der Waals surface area (Å²) in [6, 6.07) is 6.88. The summed E-state index contributed by atoms with van der Waals surface area (Å²) >= 11 is 0. The van der Waals surface area contributed by atoms with Crippen LogP contribution in [-0.2, 0) is 6.42 Å². The molecule has 0 radical (unpaired) electrons. The molecular weight excluding hydrogens is 280 g/mol. The van der Waals surface area contributed by atoms with E-state index in [1.54, 1.807) is 57.0 Å². The maximum Gasteiger partial charge on any atom is 0.255 e. The van der Waals surface area contributed by atoms with Gasteiger partial charge >= 0.3 is 0 Å². The first-order valence-electron chi connectivity index (χ1n) is 6.76. The first-order valence-corrected chi connectivity index (χ1v) is 6.76. The Bertz CT molecular complexity index is 669. The molecule has 2 rings (SSSR count). The van der Waals surface area contributed by atoms with Crippen molar-refractivity contribution in [1.29, 1.82) is 0 Å². The van der Waals surface area contributed by atoms with Crippen molar-refractivity contribution in [2.24, 2.45) is 0 Å². The highest BCUT2D eigenvalue weighted by molar-refractivity contribution is 6.04. The van der Waals surface area contributed by atoms with Gasteiger partial charge in [0.2, 0.25) is 0 Å². The standard InChI is InChI=1S/C17H18N2O3/c1-4-5-12-10-13(11-15(21-2)16(12)22-3)17(20)19-14-6-8-18-9-7-14/h4,6-11H,1,5H2,2-3H3,(H,18,19,20). The number of anilines is 1. The van der Waals surface area contributed by atoms with Crippen LogP contribution in [0.5, 0.6) is 11.5 Å². The maximum atomic E-state index is 12.4. The summed E-state index contributed by atoms with van der Waals surface area (Å²) < 4.78 is 10.7. The zero-order chi connectivity index (χ0) is 15.9. The minimum atomic E-state index is -0.225. The molecule has 0 saturated heterocycles. The van der Waals surface area contributed by atoms with Gasteiger partial charge in [0.05, 0.1) is 14.2 Å². The second-order valence-electron chi connectivity index (χ2n) is 4.55. The van der Waals surface area contributed by atoms with Crippen molar-refractivity contribution >= 4 is 11.6 Å². The van der Waals surface area contributed by atoms with E-state index < -0.39 is 0 Å². The number of benzene rings is 1. The lowest BCUT2D eigenvalue weighted by molar-refractivity contribution is 0.102. The Morgan fingerprint density at radius 2 is 2.00 bits per heavy atom. The van der Waals surface area contributed by atoms with E-state index in [1.807, 2.05) is 0 Å². The largest absolute Gasteiger partial charge is 0.493 e. The minimum absolute atomic E-state index is 0.225. The number of carbonyl (C=O) groups excluding carboxylic acids is 1. The minimum Gasteiger partial charge on any atom is -0.493 e. The smallest absolute Gasteiger partial charge is 0.255 e. The molecule has 0 fully saturated rings. The molecule has 0 aliphatic carbocycles. The predicted molar refractivity (Wildman–Crippen MR) is 85.6 cm³/mol. The van der Waals surface area contributed by atoms with Crippen molar-refractivity contribution in [3.05, 3.63) is 60.4 Å². The summed E-state index contributed by atoms with van der Waals surface area (Å²) in [5, 5.41) is 2.82. The van der Waals surface area contributed by atoms with Gasteiger partial charge in [-0.2, -0.15) is 0 Å². The van der Waals surface area contributed by atoms with Crippen LogP contribution < -0.4 is 14.8 Å². The third-order valence-corrected chi connectivity index (χ3v) is 3.12. The molecule has 0 aliphatic rings. The molecule has 1 aromatic heterocycles. The second-order valence-corrected chi connectivity index (χ2v) is 4.55. The summed E-state index contributed by atoms with van der Waals surface area (Å²) in [5.74, 6) is 0.905. The average Bonchev–Trinajstić information content (AvgIpc) is 2.55. The molecule has 0 unspecified atom stereocenters. The van der Waals surface area contributed by atoms with E-state index in [0.717, 1.165) is 5.56 Å². The van der Waals surface area contributed by atoms with Crippen LogP contribution >= 0.6 is 0 Å². The SMILES string of the molecule is C=CCc1cc(C(=O)Nc2ccncc2)cc(OC)c1OC. The van der Waals surface area contributed by atoms with Crippen molar-refractivity contribution in [3.63, 3.8) is 0 Å². The van der Waals surface area contributed by atoms with Gasteiger partial charge in [0.1, 0.15) is 0 Å². The molecule has 1 N–H and O–H groups in total. The Kier molecular flexibility index (Phi) is 5.14. The zero-order valence-corrected chi connectivity index (χ0v) is 12.6. The average molecular weight is 298 g/mol. The molecule has 114 valence electrons. The third-order valence-electron chi connectivity index (χ3n) is 3.12. The van der Waals surface area contributed by atoms with E-state index in [-0.39, 0.29) is 5.91 Å². The number of nitrogens with one attached hydrogen (secondary N) is 1. The quantitative estimate of drug-likeness (QED) is 0.833. The molecule has 1 amide bonds. The van der Waals surface area contributed by atoms with Crippen LogP contribution in [-0.4, -0.2) is 25.1 Å². The maximum absolute atomic E-state index is 12.4. The molecule has 0 saturated carbocycles. The van der Waals surface area contributed by atoms with E-state index in [0.29, 0.717) is 29.2 Å². The number of ether oxygens (including phenoxy) is 2. The van der Waals surface area contributed by atoms with Crippen LogP contribution in [0.1, 0.15) is 15.9 Å².